The fraction of sp³-hybridized carbons (Fsp3) is 0.476. The molecule has 0 aliphatic carbocycles. The fourth-order valence-electron chi connectivity index (χ4n) is 3.57. The molecule has 1 aromatic heterocycles. The van der Waals surface area contributed by atoms with Gasteiger partial charge in [-0.3, -0.25) is 9.69 Å². The SMILES string of the molecule is CCCN(C)C(=O)c1c(C)oc2c1CN(Cc1ccc(C)cc1)CC2. The van der Waals surface area contributed by atoms with Crippen LogP contribution >= 0.6 is 0 Å². The van der Waals surface area contributed by atoms with Crippen molar-refractivity contribution >= 4 is 5.91 Å². The van der Waals surface area contributed by atoms with Gasteiger partial charge in [0.2, 0.25) is 0 Å². The van der Waals surface area contributed by atoms with E-state index in [1.54, 1.807) is 4.90 Å². The number of carbonyl (C=O) groups excluding carboxylic acids is 1. The quantitative estimate of drug-likeness (QED) is 0.827. The van der Waals surface area contributed by atoms with Crippen molar-refractivity contribution in [3.05, 3.63) is 58.0 Å². The molecule has 0 spiro atoms. The van der Waals surface area contributed by atoms with Crippen LogP contribution in [-0.2, 0) is 19.5 Å². The normalized spacial score (nSPS) is 14.4. The second kappa shape index (κ2) is 7.44. The van der Waals surface area contributed by atoms with Crippen LogP contribution in [0.15, 0.2) is 28.7 Å². The Balaban J connectivity index is 1.79. The molecule has 1 aliphatic heterocycles. The van der Waals surface area contributed by atoms with Crippen LogP contribution in [0.4, 0.5) is 0 Å². The summed E-state index contributed by atoms with van der Waals surface area (Å²) in [6.45, 7) is 9.53. The molecule has 2 aromatic rings. The van der Waals surface area contributed by atoms with Crippen LogP contribution in [0, 0.1) is 13.8 Å². The molecule has 0 saturated heterocycles. The zero-order valence-electron chi connectivity index (χ0n) is 15.8. The Hall–Kier alpha value is -2.07. The minimum atomic E-state index is 0.0848. The van der Waals surface area contributed by atoms with Crippen molar-refractivity contribution in [3.63, 3.8) is 0 Å². The lowest BCUT2D eigenvalue weighted by Crippen LogP contribution is -2.33. The first kappa shape index (κ1) is 17.7. The van der Waals surface area contributed by atoms with Gasteiger partial charge in [0.1, 0.15) is 11.5 Å². The maximum Gasteiger partial charge on any atom is 0.257 e. The van der Waals surface area contributed by atoms with Crippen LogP contribution in [0.2, 0.25) is 0 Å². The number of rotatable bonds is 5. The first-order valence-electron chi connectivity index (χ1n) is 9.14. The van der Waals surface area contributed by atoms with E-state index in [0.717, 1.165) is 61.7 Å². The lowest BCUT2D eigenvalue weighted by molar-refractivity contribution is 0.0791. The van der Waals surface area contributed by atoms with Crippen molar-refractivity contribution in [1.29, 1.82) is 0 Å². The summed E-state index contributed by atoms with van der Waals surface area (Å²) in [5, 5.41) is 0. The molecule has 4 nitrogen and oxygen atoms in total. The third kappa shape index (κ3) is 3.79. The van der Waals surface area contributed by atoms with E-state index in [9.17, 15) is 4.79 Å². The van der Waals surface area contributed by atoms with E-state index in [-0.39, 0.29) is 5.91 Å². The standard InChI is InChI=1S/C21H28N2O2/c1-5-11-22(4)21(24)20-16(3)25-19-10-12-23(14-18(19)20)13-17-8-6-15(2)7-9-17/h6-9H,5,10-14H2,1-4H3. The highest BCUT2D eigenvalue weighted by atomic mass is 16.3. The topological polar surface area (TPSA) is 36.7 Å². The van der Waals surface area contributed by atoms with Crippen LogP contribution < -0.4 is 0 Å². The summed E-state index contributed by atoms with van der Waals surface area (Å²) < 4.78 is 5.93. The van der Waals surface area contributed by atoms with E-state index < -0.39 is 0 Å². The van der Waals surface area contributed by atoms with Gasteiger partial charge in [0.05, 0.1) is 5.56 Å². The van der Waals surface area contributed by atoms with Crippen molar-refractivity contribution in [1.82, 2.24) is 9.80 Å². The van der Waals surface area contributed by atoms with E-state index >= 15 is 0 Å². The Labute approximate surface area is 150 Å². The molecule has 3 rings (SSSR count). The minimum Gasteiger partial charge on any atom is -0.465 e. The Kier molecular flexibility index (Phi) is 5.28. The molecule has 1 amide bonds. The molecule has 0 N–H and O–H groups in total. The number of carbonyl (C=O) groups is 1. The van der Waals surface area contributed by atoms with Gasteiger partial charge in [-0.1, -0.05) is 36.8 Å². The second-order valence-corrected chi connectivity index (χ2v) is 7.11. The fourth-order valence-corrected chi connectivity index (χ4v) is 3.57. The lowest BCUT2D eigenvalue weighted by Gasteiger charge is -2.27. The number of fused-ring (bicyclic) bond motifs is 1. The smallest absolute Gasteiger partial charge is 0.257 e. The average Bonchev–Trinajstić information content (AvgIpc) is 2.91. The van der Waals surface area contributed by atoms with E-state index in [2.05, 4.69) is 43.0 Å². The Morgan fingerprint density at radius 1 is 1.24 bits per heavy atom. The molecular weight excluding hydrogens is 312 g/mol. The van der Waals surface area contributed by atoms with Crippen molar-refractivity contribution in [2.45, 2.75) is 46.7 Å². The maximum absolute atomic E-state index is 12.8. The zero-order valence-corrected chi connectivity index (χ0v) is 15.8. The van der Waals surface area contributed by atoms with Gasteiger partial charge in [-0.05, 0) is 25.8 Å². The van der Waals surface area contributed by atoms with Crippen LogP contribution in [0.5, 0.6) is 0 Å². The van der Waals surface area contributed by atoms with Gasteiger partial charge < -0.3 is 9.32 Å². The van der Waals surface area contributed by atoms with Gasteiger partial charge in [-0.15, -0.1) is 0 Å². The summed E-state index contributed by atoms with van der Waals surface area (Å²) in [7, 11) is 1.87. The molecule has 0 unspecified atom stereocenters. The van der Waals surface area contributed by atoms with Crippen molar-refractivity contribution < 1.29 is 9.21 Å². The van der Waals surface area contributed by atoms with Crippen LogP contribution in [0.1, 0.15) is 51.9 Å². The number of hydrogen-bond acceptors (Lipinski definition) is 3. The molecule has 1 aliphatic rings. The summed E-state index contributed by atoms with van der Waals surface area (Å²) in [4.78, 5) is 17.0. The number of amides is 1. The van der Waals surface area contributed by atoms with Crippen LogP contribution in [0.3, 0.4) is 0 Å². The third-order valence-electron chi connectivity index (χ3n) is 4.95. The number of hydrogen-bond donors (Lipinski definition) is 0. The van der Waals surface area contributed by atoms with Crippen LogP contribution in [-0.4, -0.2) is 35.8 Å². The van der Waals surface area contributed by atoms with E-state index in [1.807, 2.05) is 14.0 Å². The molecule has 134 valence electrons. The minimum absolute atomic E-state index is 0.0848. The Bertz CT molecular complexity index is 746. The van der Waals surface area contributed by atoms with Gasteiger partial charge in [0, 0.05) is 45.2 Å². The number of aryl methyl sites for hydroxylation is 2. The molecule has 0 fully saturated rings. The Morgan fingerprint density at radius 3 is 2.64 bits per heavy atom. The second-order valence-electron chi connectivity index (χ2n) is 7.11. The number of furan rings is 1. The summed E-state index contributed by atoms with van der Waals surface area (Å²) in [5.74, 6) is 1.84. The molecule has 0 radical (unpaired) electrons. The molecule has 25 heavy (non-hydrogen) atoms. The van der Waals surface area contributed by atoms with Gasteiger partial charge in [-0.2, -0.15) is 0 Å². The molecule has 0 saturated carbocycles. The molecule has 1 aromatic carbocycles. The van der Waals surface area contributed by atoms with Gasteiger partial charge >= 0.3 is 0 Å². The van der Waals surface area contributed by atoms with E-state index in [1.165, 1.54) is 11.1 Å². The number of benzene rings is 1. The highest BCUT2D eigenvalue weighted by Crippen LogP contribution is 2.29. The van der Waals surface area contributed by atoms with Crippen molar-refractivity contribution in [3.8, 4) is 0 Å². The summed E-state index contributed by atoms with van der Waals surface area (Å²) in [6, 6.07) is 8.68. The first-order chi connectivity index (χ1) is 12.0. The van der Waals surface area contributed by atoms with Gasteiger partial charge in [0.15, 0.2) is 0 Å². The maximum atomic E-state index is 12.8. The summed E-state index contributed by atoms with van der Waals surface area (Å²) in [6.07, 6.45) is 1.83. The predicted molar refractivity (Wildman–Crippen MR) is 99.7 cm³/mol. The Morgan fingerprint density at radius 2 is 1.96 bits per heavy atom. The first-order valence-corrected chi connectivity index (χ1v) is 9.14. The molecule has 4 heteroatoms. The molecule has 0 atom stereocenters. The average molecular weight is 340 g/mol. The highest BCUT2D eigenvalue weighted by molar-refractivity contribution is 5.96. The van der Waals surface area contributed by atoms with Gasteiger partial charge in [-0.25, -0.2) is 0 Å². The third-order valence-corrected chi connectivity index (χ3v) is 4.95. The largest absolute Gasteiger partial charge is 0.465 e. The number of nitrogens with zero attached hydrogens (tertiary/aromatic N) is 2. The van der Waals surface area contributed by atoms with E-state index in [4.69, 9.17) is 4.42 Å². The van der Waals surface area contributed by atoms with Crippen molar-refractivity contribution in [2.75, 3.05) is 20.1 Å². The van der Waals surface area contributed by atoms with Gasteiger partial charge in [0.25, 0.3) is 5.91 Å². The molecule has 0 bridgehead atoms. The predicted octanol–water partition coefficient (Wildman–Crippen LogP) is 3.94. The van der Waals surface area contributed by atoms with Crippen molar-refractivity contribution in [2.24, 2.45) is 0 Å². The van der Waals surface area contributed by atoms with Crippen LogP contribution in [0.25, 0.3) is 0 Å². The summed E-state index contributed by atoms with van der Waals surface area (Å²) >= 11 is 0. The van der Waals surface area contributed by atoms with E-state index in [0.29, 0.717) is 0 Å². The lowest BCUT2D eigenvalue weighted by atomic mass is 10.0. The molecule has 2 heterocycles. The monoisotopic (exact) mass is 340 g/mol. The molecular formula is C21H28N2O2. The highest BCUT2D eigenvalue weighted by Gasteiger charge is 2.29. The summed E-state index contributed by atoms with van der Waals surface area (Å²) in [5.41, 5.74) is 4.45. The zero-order chi connectivity index (χ0) is 18.0.